The number of piperidine rings is 1. The van der Waals surface area contributed by atoms with E-state index in [0.29, 0.717) is 11.6 Å². The quantitative estimate of drug-likeness (QED) is 0.631. The van der Waals surface area contributed by atoms with Crippen LogP contribution in [-0.2, 0) is 21.4 Å². The van der Waals surface area contributed by atoms with Crippen LogP contribution in [0.25, 0.3) is 0 Å². The van der Waals surface area contributed by atoms with E-state index in [9.17, 15) is 13.2 Å². The number of hydrogen-bond acceptors (Lipinski definition) is 4. The van der Waals surface area contributed by atoms with Crippen LogP contribution in [0.5, 0.6) is 0 Å². The Labute approximate surface area is 194 Å². The minimum atomic E-state index is -3.78. The molecule has 1 aliphatic heterocycles. The molecule has 31 heavy (non-hydrogen) atoms. The molecular formula is C22H27Cl2N3O3S. The molecule has 1 aliphatic rings. The van der Waals surface area contributed by atoms with Crippen LogP contribution >= 0.6 is 23.2 Å². The third-order valence-corrected chi connectivity index (χ3v) is 7.14. The number of carbonyl (C=O) groups excluding carboxylic acids is 1. The number of carbonyl (C=O) groups is 1. The fraction of sp³-hybridized carbons (Fsp3) is 0.409. The molecule has 9 heteroatoms. The standard InChI is InChI=1S/C22H27Cl2N3O3S/c1-16(27(31(2,29)30)21-14-18(23)8-11-20(21)24)22(28)25-15-17-6-9-19(10-7-17)26-12-4-3-5-13-26/h6-11,14,16H,3-5,12-13,15H2,1-2H3,(H,25,28)/t16-/m0/s1. The SMILES string of the molecule is C[C@@H](C(=O)NCc1ccc(N2CCCCC2)cc1)N(c1cc(Cl)ccc1Cl)S(C)(=O)=O. The summed E-state index contributed by atoms with van der Waals surface area (Å²) in [6.45, 7) is 3.96. The van der Waals surface area contributed by atoms with Crippen LogP contribution in [0.15, 0.2) is 42.5 Å². The van der Waals surface area contributed by atoms with E-state index in [-0.39, 0.29) is 10.7 Å². The highest BCUT2D eigenvalue weighted by molar-refractivity contribution is 7.92. The van der Waals surface area contributed by atoms with Gasteiger partial charge in [0.2, 0.25) is 15.9 Å². The molecule has 168 valence electrons. The highest BCUT2D eigenvalue weighted by Gasteiger charge is 2.30. The number of amides is 1. The number of nitrogens with zero attached hydrogens (tertiary/aromatic N) is 2. The second-order valence-corrected chi connectivity index (χ2v) is 10.5. The first-order valence-electron chi connectivity index (χ1n) is 10.2. The van der Waals surface area contributed by atoms with Gasteiger partial charge in [0.15, 0.2) is 0 Å². The number of nitrogens with one attached hydrogen (secondary N) is 1. The zero-order valence-corrected chi connectivity index (χ0v) is 20.0. The number of sulfonamides is 1. The molecule has 2 aromatic carbocycles. The maximum atomic E-state index is 12.8. The zero-order valence-electron chi connectivity index (χ0n) is 17.6. The summed E-state index contributed by atoms with van der Waals surface area (Å²) in [4.78, 5) is 15.2. The first-order chi connectivity index (χ1) is 14.7. The van der Waals surface area contributed by atoms with Gasteiger partial charge in [0.1, 0.15) is 6.04 Å². The van der Waals surface area contributed by atoms with E-state index in [4.69, 9.17) is 23.2 Å². The Hall–Kier alpha value is -1.96. The molecule has 0 radical (unpaired) electrons. The zero-order chi connectivity index (χ0) is 22.6. The van der Waals surface area contributed by atoms with Crippen LogP contribution in [-0.4, -0.2) is 39.7 Å². The number of hydrogen-bond donors (Lipinski definition) is 1. The molecule has 0 saturated carbocycles. The van der Waals surface area contributed by atoms with Gasteiger partial charge >= 0.3 is 0 Å². The van der Waals surface area contributed by atoms with Gasteiger partial charge < -0.3 is 10.2 Å². The molecule has 0 bridgehead atoms. The normalized spacial score (nSPS) is 15.4. The third-order valence-electron chi connectivity index (χ3n) is 5.36. The van der Waals surface area contributed by atoms with Crippen LogP contribution in [0.3, 0.4) is 0 Å². The molecule has 1 saturated heterocycles. The minimum Gasteiger partial charge on any atom is -0.372 e. The van der Waals surface area contributed by atoms with Gasteiger partial charge in [-0.05, 0) is 62.1 Å². The Bertz CT molecular complexity index is 1020. The molecule has 6 nitrogen and oxygen atoms in total. The van der Waals surface area contributed by atoms with E-state index in [0.717, 1.165) is 29.2 Å². The molecule has 1 heterocycles. The summed E-state index contributed by atoms with van der Waals surface area (Å²) >= 11 is 12.2. The van der Waals surface area contributed by atoms with Gasteiger partial charge in [0, 0.05) is 30.3 Å². The van der Waals surface area contributed by atoms with E-state index in [1.807, 2.05) is 12.1 Å². The average molecular weight is 484 g/mol. The maximum Gasteiger partial charge on any atom is 0.243 e. The van der Waals surface area contributed by atoms with Crippen molar-refractivity contribution in [1.29, 1.82) is 0 Å². The lowest BCUT2D eigenvalue weighted by Gasteiger charge is -2.29. The molecule has 0 spiro atoms. The monoisotopic (exact) mass is 483 g/mol. The van der Waals surface area contributed by atoms with Gasteiger partial charge in [-0.15, -0.1) is 0 Å². The third kappa shape index (κ3) is 6.05. The smallest absolute Gasteiger partial charge is 0.243 e. The summed E-state index contributed by atoms with van der Waals surface area (Å²) in [5, 5.41) is 3.34. The van der Waals surface area contributed by atoms with Crippen molar-refractivity contribution < 1.29 is 13.2 Å². The first-order valence-corrected chi connectivity index (χ1v) is 12.8. The Balaban J connectivity index is 1.69. The molecule has 1 atom stereocenters. The van der Waals surface area contributed by atoms with Gasteiger partial charge in [-0.1, -0.05) is 35.3 Å². The second kappa shape index (κ2) is 10.1. The highest BCUT2D eigenvalue weighted by atomic mass is 35.5. The predicted molar refractivity (Wildman–Crippen MR) is 128 cm³/mol. The molecule has 1 amide bonds. The number of anilines is 2. The van der Waals surface area contributed by atoms with E-state index in [2.05, 4.69) is 22.3 Å². The summed E-state index contributed by atoms with van der Waals surface area (Å²) in [7, 11) is -3.78. The molecule has 2 aromatic rings. The molecular weight excluding hydrogens is 457 g/mol. The molecule has 3 rings (SSSR count). The summed E-state index contributed by atoms with van der Waals surface area (Å²) < 4.78 is 25.9. The van der Waals surface area contributed by atoms with E-state index >= 15 is 0 Å². The molecule has 0 aromatic heterocycles. The van der Waals surface area contributed by atoms with Gasteiger partial charge in [-0.3, -0.25) is 9.10 Å². The van der Waals surface area contributed by atoms with Crippen molar-refractivity contribution in [3.05, 3.63) is 58.1 Å². The Morgan fingerprint density at radius 2 is 1.74 bits per heavy atom. The van der Waals surface area contributed by atoms with Crippen molar-refractivity contribution in [1.82, 2.24) is 5.32 Å². The number of rotatable bonds is 7. The van der Waals surface area contributed by atoms with Gasteiger partial charge in [0.05, 0.1) is 17.0 Å². The molecule has 1 fully saturated rings. The predicted octanol–water partition coefficient (Wildman–Crippen LogP) is 4.45. The Kier molecular flexibility index (Phi) is 7.73. The van der Waals surface area contributed by atoms with Crippen LogP contribution in [0.1, 0.15) is 31.7 Å². The van der Waals surface area contributed by atoms with Crippen LogP contribution in [0.4, 0.5) is 11.4 Å². The fourth-order valence-electron chi connectivity index (χ4n) is 3.75. The maximum absolute atomic E-state index is 12.8. The van der Waals surface area contributed by atoms with Crippen molar-refractivity contribution in [3.63, 3.8) is 0 Å². The van der Waals surface area contributed by atoms with Crippen molar-refractivity contribution >= 4 is 50.5 Å². The summed E-state index contributed by atoms with van der Waals surface area (Å²) in [6, 6.07) is 11.6. The topological polar surface area (TPSA) is 69.7 Å². The van der Waals surface area contributed by atoms with Crippen molar-refractivity contribution in [2.24, 2.45) is 0 Å². The van der Waals surface area contributed by atoms with Crippen molar-refractivity contribution in [2.45, 2.75) is 38.8 Å². The summed E-state index contributed by atoms with van der Waals surface area (Å²) in [5.41, 5.74) is 2.29. The van der Waals surface area contributed by atoms with E-state index in [1.165, 1.54) is 44.0 Å². The largest absolute Gasteiger partial charge is 0.372 e. The molecule has 0 aliphatic carbocycles. The fourth-order valence-corrected chi connectivity index (χ4v) is 5.35. The van der Waals surface area contributed by atoms with Crippen LogP contribution in [0.2, 0.25) is 10.0 Å². The van der Waals surface area contributed by atoms with E-state index < -0.39 is 22.0 Å². The molecule has 1 N–H and O–H groups in total. The lowest BCUT2D eigenvalue weighted by atomic mass is 10.1. The van der Waals surface area contributed by atoms with Gasteiger partial charge in [0.25, 0.3) is 0 Å². The highest BCUT2D eigenvalue weighted by Crippen LogP contribution is 2.32. The number of halogens is 2. The van der Waals surface area contributed by atoms with Crippen molar-refractivity contribution in [2.75, 3.05) is 28.6 Å². The first kappa shape index (κ1) is 23.7. The van der Waals surface area contributed by atoms with Gasteiger partial charge in [-0.2, -0.15) is 0 Å². The number of benzene rings is 2. The second-order valence-electron chi connectivity index (χ2n) is 7.76. The Morgan fingerprint density at radius 3 is 2.35 bits per heavy atom. The van der Waals surface area contributed by atoms with Crippen LogP contribution in [0, 0.1) is 0 Å². The summed E-state index contributed by atoms with van der Waals surface area (Å²) in [5.74, 6) is -0.429. The average Bonchev–Trinajstić information content (AvgIpc) is 2.74. The van der Waals surface area contributed by atoms with Crippen LogP contribution < -0.4 is 14.5 Å². The van der Waals surface area contributed by atoms with Gasteiger partial charge in [-0.25, -0.2) is 8.42 Å². The van der Waals surface area contributed by atoms with Crippen molar-refractivity contribution in [3.8, 4) is 0 Å². The molecule has 0 unspecified atom stereocenters. The minimum absolute atomic E-state index is 0.171. The Morgan fingerprint density at radius 1 is 1.10 bits per heavy atom. The van der Waals surface area contributed by atoms with E-state index in [1.54, 1.807) is 6.07 Å². The lowest BCUT2D eigenvalue weighted by molar-refractivity contribution is -0.122. The summed E-state index contributed by atoms with van der Waals surface area (Å²) in [6.07, 6.45) is 4.74. The lowest BCUT2D eigenvalue weighted by Crippen LogP contribution is -2.47.